The number of aliphatic carboxylic acids is 1. The molecule has 2 N–H and O–H groups in total. The minimum atomic E-state index is -0.843. The van der Waals surface area contributed by atoms with E-state index in [1.165, 1.54) is 0 Å². The van der Waals surface area contributed by atoms with Crippen LogP contribution in [0.3, 0.4) is 0 Å². The van der Waals surface area contributed by atoms with E-state index in [-0.39, 0.29) is 18.5 Å². The number of carboxylic acids is 1. The third-order valence-electron chi connectivity index (χ3n) is 4.97. The summed E-state index contributed by atoms with van der Waals surface area (Å²) in [5, 5.41) is 13.1. The van der Waals surface area contributed by atoms with Crippen LogP contribution in [0.2, 0.25) is 0 Å². The molecule has 0 radical (unpaired) electrons. The minimum Gasteiger partial charge on any atom is -0.481 e. The lowest BCUT2D eigenvalue weighted by Gasteiger charge is -2.34. The molecule has 0 aliphatic carbocycles. The molecule has 1 fully saturated rings. The molecule has 1 saturated heterocycles. The first-order chi connectivity index (χ1) is 13.5. The van der Waals surface area contributed by atoms with E-state index in [1.54, 1.807) is 16.2 Å². The highest BCUT2D eigenvalue weighted by Crippen LogP contribution is 2.30. The summed E-state index contributed by atoms with van der Waals surface area (Å²) in [6.45, 7) is 2.79. The Morgan fingerprint density at radius 2 is 1.89 bits per heavy atom. The predicted molar refractivity (Wildman–Crippen MR) is 111 cm³/mol. The van der Waals surface area contributed by atoms with Crippen LogP contribution >= 0.6 is 11.3 Å². The van der Waals surface area contributed by atoms with Gasteiger partial charge in [0.25, 0.3) is 0 Å². The van der Waals surface area contributed by atoms with Crippen LogP contribution in [0.4, 0.5) is 10.5 Å². The predicted octanol–water partition coefficient (Wildman–Crippen LogP) is 4.54. The molecule has 1 aromatic heterocycles. The number of anilines is 1. The summed E-state index contributed by atoms with van der Waals surface area (Å²) in [6, 6.07) is 15.3. The smallest absolute Gasteiger partial charge is 0.321 e. The number of aromatic nitrogens is 1. The molecular formula is C21H21N3O3S. The Balaban J connectivity index is 1.45. The second-order valence-electron chi connectivity index (χ2n) is 7.28. The van der Waals surface area contributed by atoms with Gasteiger partial charge in [0.15, 0.2) is 0 Å². The summed E-state index contributed by atoms with van der Waals surface area (Å²) >= 11 is 1.63. The van der Waals surface area contributed by atoms with Gasteiger partial charge >= 0.3 is 12.0 Å². The highest BCUT2D eigenvalue weighted by Gasteiger charge is 2.31. The van der Waals surface area contributed by atoms with Crippen molar-refractivity contribution in [1.82, 2.24) is 9.88 Å². The van der Waals surface area contributed by atoms with Gasteiger partial charge in [-0.1, -0.05) is 19.1 Å². The maximum atomic E-state index is 12.6. The van der Waals surface area contributed by atoms with Crippen LogP contribution < -0.4 is 5.32 Å². The van der Waals surface area contributed by atoms with Crippen LogP contribution in [0.25, 0.3) is 20.8 Å². The van der Waals surface area contributed by atoms with Gasteiger partial charge in [0.2, 0.25) is 0 Å². The molecule has 0 spiro atoms. The Morgan fingerprint density at radius 1 is 1.14 bits per heavy atom. The summed E-state index contributed by atoms with van der Waals surface area (Å²) in [5.41, 5.74) is 2.66. The molecule has 2 amide bonds. The maximum absolute atomic E-state index is 12.6. The second-order valence-corrected chi connectivity index (χ2v) is 8.31. The molecule has 0 bridgehead atoms. The molecule has 2 heterocycles. The first-order valence-corrected chi connectivity index (χ1v) is 10.1. The maximum Gasteiger partial charge on any atom is 0.321 e. The van der Waals surface area contributed by atoms with Gasteiger partial charge in [-0.25, -0.2) is 9.78 Å². The number of carboxylic acid groups (broad SMARTS) is 1. The Labute approximate surface area is 166 Å². The van der Waals surface area contributed by atoms with Crippen molar-refractivity contribution in [2.45, 2.75) is 13.3 Å². The number of hydrogen-bond acceptors (Lipinski definition) is 4. The van der Waals surface area contributed by atoms with Gasteiger partial charge in [0, 0.05) is 24.3 Å². The van der Waals surface area contributed by atoms with Crippen LogP contribution in [0, 0.1) is 11.8 Å². The zero-order chi connectivity index (χ0) is 19.7. The largest absolute Gasteiger partial charge is 0.481 e. The molecule has 144 valence electrons. The van der Waals surface area contributed by atoms with E-state index in [2.05, 4.69) is 16.4 Å². The summed E-state index contributed by atoms with van der Waals surface area (Å²) in [4.78, 5) is 30.1. The molecule has 6 nitrogen and oxygen atoms in total. The molecular weight excluding hydrogens is 374 g/mol. The lowest BCUT2D eigenvalue weighted by atomic mass is 9.91. The molecule has 3 aromatic rings. The van der Waals surface area contributed by atoms with Crippen molar-refractivity contribution < 1.29 is 14.7 Å². The fourth-order valence-corrected chi connectivity index (χ4v) is 4.56. The Bertz CT molecular complexity index is 982. The average molecular weight is 395 g/mol. The quantitative estimate of drug-likeness (QED) is 0.682. The Kier molecular flexibility index (Phi) is 5.00. The zero-order valence-electron chi connectivity index (χ0n) is 15.5. The average Bonchev–Trinajstić information content (AvgIpc) is 3.12. The van der Waals surface area contributed by atoms with Gasteiger partial charge in [0.1, 0.15) is 5.01 Å². The van der Waals surface area contributed by atoms with Crippen molar-refractivity contribution in [2.24, 2.45) is 11.8 Å². The second kappa shape index (κ2) is 7.59. The van der Waals surface area contributed by atoms with Crippen LogP contribution in [0.5, 0.6) is 0 Å². The lowest BCUT2D eigenvalue weighted by Crippen LogP contribution is -2.47. The number of nitrogens with one attached hydrogen (secondary N) is 1. The molecule has 28 heavy (non-hydrogen) atoms. The standard InChI is InChI=1S/C21H21N3O3S/c1-13-10-15(20(25)26)12-24(11-13)21(27)22-16-8-6-14(7-9-16)19-23-17-4-2-3-5-18(17)28-19/h2-9,13,15H,10-12H2,1H3,(H,22,27)(H,25,26). The molecule has 1 aliphatic heterocycles. The number of amides is 2. The van der Waals surface area contributed by atoms with Crippen LogP contribution in [0.1, 0.15) is 13.3 Å². The van der Waals surface area contributed by atoms with Gasteiger partial charge in [-0.15, -0.1) is 11.3 Å². The summed E-state index contributed by atoms with van der Waals surface area (Å²) in [6.07, 6.45) is 0.607. The van der Waals surface area contributed by atoms with E-state index in [9.17, 15) is 14.7 Å². The van der Waals surface area contributed by atoms with Crippen molar-refractivity contribution >= 4 is 39.2 Å². The van der Waals surface area contributed by atoms with Crippen molar-refractivity contribution in [2.75, 3.05) is 18.4 Å². The van der Waals surface area contributed by atoms with E-state index < -0.39 is 11.9 Å². The number of piperidine rings is 1. The van der Waals surface area contributed by atoms with Crippen LogP contribution in [-0.4, -0.2) is 40.1 Å². The van der Waals surface area contributed by atoms with E-state index >= 15 is 0 Å². The molecule has 1 aliphatic rings. The third-order valence-corrected chi connectivity index (χ3v) is 6.06. The fraction of sp³-hybridized carbons (Fsp3) is 0.286. The Hall–Kier alpha value is -2.93. The molecule has 2 unspecified atom stereocenters. The van der Waals surface area contributed by atoms with Gasteiger partial charge in [0.05, 0.1) is 16.1 Å². The number of urea groups is 1. The first kappa shape index (κ1) is 18.4. The van der Waals surface area contributed by atoms with Crippen molar-refractivity contribution in [3.8, 4) is 10.6 Å². The summed E-state index contributed by atoms with van der Waals surface area (Å²) < 4.78 is 1.14. The van der Waals surface area contributed by atoms with E-state index in [0.717, 1.165) is 20.8 Å². The number of rotatable bonds is 3. The third kappa shape index (κ3) is 3.84. The molecule has 7 heteroatoms. The lowest BCUT2D eigenvalue weighted by molar-refractivity contribution is -0.143. The summed E-state index contributed by atoms with van der Waals surface area (Å²) in [5.74, 6) is -1.18. The van der Waals surface area contributed by atoms with Gasteiger partial charge in [-0.3, -0.25) is 4.79 Å². The number of carbonyl (C=O) groups excluding carboxylic acids is 1. The molecule has 4 rings (SSSR count). The van der Waals surface area contributed by atoms with Gasteiger partial charge in [-0.05, 0) is 48.7 Å². The van der Waals surface area contributed by atoms with E-state index in [1.807, 2.05) is 49.4 Å². The number of likely N-dealkylation sites (tertiary alicyclic amines) is 1. The number of thiazole rings is 1. The monoisotopic (exact) mass is 395 g/mol. The van der Waals surface area contributed by atoms with Crippen LogP contribution in [-0.2, 0) is 4.79 Å². The number of benzene rings is 2. The molecule has 0 saturated carbocycles. The van der Waals surface area contributed by atoms with E-state index in [4.69, 9.17) is 0 Å². The van der Waals surface area contributed by atoms with Crippen molar-refractivity contribution in [3.05, 3.63) is 48.5 Å². The number of carbonyl (C=O) groups is 2. The van der Waals surface area contributed by atoms with Gasteiger partial charge in [-0.2, -0.15) is 0 Å². The summed E-state index contributed by atoms with van der Waals surface area (Å²) in [7, 11) is 0. The number of para-hydroxylation sites is 1. The molecule has 2 atom stereocenters. The zero-order valence-corrected chi connectivity index (χ0v) is 16.3. The Morgan fingerprint density at radius 3 is 2.61 bits per heavy atom. The number of nitrogens with zero attached hydrogens (tertiary/aromatic N) is 2. The topological polar surface area (TPSA) is 82.5 Å². The minimum absolute atomic E-state index is 0.169. The first-order valence-electron chi connectivity index (χ1n) is 9.24. The number of fused-ring (bicyclic) bond motifs is 1. The van der Waals surface area contributed by atoms with Gasteiger partial charge < -0.3 is 15.3 Å². The highest BCUT2D eigenvalue weighted by molar-refractivity contribution is 7.21. The van der Waals surface area contributed by atoms with E-state index in [0.29, 0.717) is 18.7 Å². The number of hydrogen-bond donors (Lipinski definition) is 2. The SMILES string of the molecule is CC1CC(C(=O)O)CN(C(=O)Nc2ccc(-c3nc4ccccc4s3)cc2)C1. The van der Waals surface area contributed by atoms with Crippen molar-refractivity contribution in [1.29, 1.82) is 0 Å². The van der Waals surface area contributed by atoms with Crippen LogP contribution in [0.15, 0.2) is 48.5 Å². The highest BCUT2D eigenvalue weighted by atomic mass is 32.1. The fourth-order valence-electron chi connectivity index (χ4n) is 3.59. The normalized spacial score (nSPS) is 19.5. The molecule has 2 aromatic carbocycles. The van der Waals surface area contributed by atoms with Crippen molar-refractivity contribution in [3.63, 3.8) is 0 Å².